The summed E-state index contributed by atoms with van der Waals surface area (Å²) in [7, 11) is 0. The average molecular weight is 767 g/mol. The second-order valence-corrected chi connectivity index (χ2v) is 12.5. The molecule has 0 radical (unpaired) electrons. The Morgan fingerprint density at radius 3 is 1.81 bits per heavy atom. The number of hydrogen-bond donors (Lipinski definition) is 6. The van der Waals surface area contributed by atoms with Gasteiger partial charge in [0.2, 0.25) is 23.6 Å². The van der Waals surface area contributed by atoms with Gasteiger partial charge < -0.3 is 60.8 Å². The van der Waals surface area contributed by atoms with Crippen LogP contribution in [0.15, 0.2) is 24.3 Å². The predicted molar refractivity (Wildman–Crippen MR) is 197 cm³/mol. The maximum Gasteiger partial charge on any atom is 0.312 e. The van der Waals surface area contributed by atoms with Gasteiger partial charge in [-0.2, -0.15) is 0 Å². The summed E-state index contributed by atoms with van der Waals surface area (Å²) in [5.74, 6) is -2.39. The Morgan fingerprint density at radius 1 is 0.667 bits per heavy atom. The van der Waals surface area contributed by atoms with Gasteiger partial charge in [-0.3, -0.25) is 24.0 Å². The molecule has 304 valence electrons. The van der Waals surface area contributed by atoms with Gasteiger partial charge in [-0.05, 0) is 43.4 Å². The molecule has 6 amide bonds. The lowest BCUT2D eigenvalue weighted by atomic mass is 10.0. The summed E-state index contributed by atoms with van der Waals surface area (Å²) >= 11 is 0. The maximum absolute atomic E-state index is 13.3. The Labute approximate surface area is 316 Å². The van der Waals surface area contributed by atoms with Gasteiger partial charge >= 0.3 is 12.0 Å². The van der Waals surface area contributed by atoms with E-state index in [0.717, 1.165) is 5.56 Å². The fraction of sp³-hybridized carbons (Fsp3) is 0.639. The first kappa shape index (κ1) is 47.4. The topological polar surface area (TPSA) is 252 Å². The highest BCUT2D eigenvalue weighted by Gasteiger charge is 2.28. The summed E-state index contributed by atoms with van der Waals surface area (Å²) in [5, 5.41) is 13.3. The molecule has 0 spiro atoms. The molecule has 18 nitrogen and oxygen atoms in total. The number of carbonyl (C=O) groups is 7. The van der Waals surface area contributed by atoms with Gasteiger partial charge in [0.15, 0.2) is 0 Å². The van der Waals surface area contributed by atoms with E-state index in [1.807, 2.05) is 0 Å². The van der Waals surface area contributed by atoms with Crippen LogP contribution in [0.4, 0.5) is 10.5 Å². The van der Waals surface area contributed by atoms with E-state index in [0.29, 0.717) is 58.3 Å². The van der Waals surface area contributed by atoms with Crippen LogP contribution >= 0.6 is 0 Å². The van der Waals surface area contributed by atoms with Crippen molar-refractivity contribution in [3.63, 3.8) is 0 Å². The summed E-state index contributed by atoms with van der Waals surface area (Å²) in [4.78, 5) is 83.8. The van der Waals surface area contributed by atoms with Gasteiger partial charge in [0, 0.05) is 45.0 Å². The van der Waals surface area contributed by atoms with Crippen LogP contribution in [0.5, 0.6) is 0 Å². The highest BCUT2D eigenvalue weighted by Crippen LogP contribution is 2.13. The van der Waals surface area contributed by atoms with Crippen LogP contribution in [0.1, 0.15) is 65.4 Å². The Balaban J connectivity index is 2.38. The Bertz CT molecular complexity index is 1310. The first-order chi connectivity index (χ1) is 25.8. The molecule has 0 aliphatic heterocycles. The molecule has 1 rings (SSSR count). The molecule has 1 aromatic rings. The van der Waals surface area contributed by atoms with E-state index in [9.17, 15) is 33.6 Å². The fourth-order valence-corrected chi connectivity index (χ4v) is 4.49. The van der Waals surface area contributed by atoms with Gasteiger partial charge in [-0.15, -0.1) is 0 Å². The molecular weight excluding hydrogens is 708 g/mol. The van der Waals surface area contributed by atoms with Crippen LogP contribution in [0.25, 0.3) is 0 Å². The van der Waals surface area contributed by atoms with Crippen LogP contribution in [-0.2, 0) is 59.1 Å². The normalized spacial score (nSPS) is 11.9. The molecule has 0 unspecified atom stereocenters. The number of esters is 1. The number of nitrogens with one attached hydrogen (secondary N) is 5. The van der Waals surface area contributed by atoms with Crippen molar-refractivity contribution >= 4 is 47.1 Å². The molecule has 54 heavy (non-hydrogen) atoms. The molecular formula is C36H58N6O12. The molecule has 0 fully saturated rings. The summed E-state index contributed by atoms with van der Waals surface area (Å²) in [6, 6.07) is 4.02. The molecule has 0 aliphatic rings. The van der Waals surface area contributed by atoms with Crippen molar-refractivity contribution in [2.75, 3.05) is 71.3 Å². The van der Waals surface area contributed by atoms with E-state index in [1.54, 1.807) is 38.1 Å². The number of anilines is 1. The highest BCUT2D eigenvalue weighted by atomic mass is 16.6. The molecule has 0 bridgehead atoms. The minimum atomic E-state index is -0.996. The number of hydrogen-bond acceptors (Lipinski definition) is 12. The summed E-state index contributed by atoms with van der Waals surface area (Å²) in [6.45, 7) is 9.31. The number of nitrogens with two attached hydrogens (primary N) is 1. The molecule has 18 heteroatoms. The summed E-state index contributed by atoms with van der Waals surface area (Å²) in [6.07, 6.45) is 0.902. The number of benzene rings is 1. The largest absolute Gasteiger partial charge is 0.461 e. The van der Waals surface area contributed by atoms with E-state index in [2.05, 4.69) is 26.6 Å². The third-order valence-corrected chi connectivity index (χ3v) is 7.39. The summed E-state index contributed by atoms with van der Waals surface area (Å²) < 4.78 is 26.7. The van der Waals surface area contributed by atoms with E-state index < -0.39 is 41.8 Å². The first-order valence-electron chi connectivity index (χ1n) is 18.0. The Morgan fingerprint density at radius 2 is 1.26 bits per heavy atom. The standard InChI is InChI=1S/C36H58N6O12/c1-25(2)33(42-32(46)13-16-50-18-20-52-22-23-53-21-19-51-17-15-38-31(45)12-7-26(3)43)35(48)41-30(6-5-14-39-36(37)49)34(47)40-29-10-8-28(9-11-29)24-54-27(4)44/h8-11,25,30,33H,5-7,12-24H2,1-4H3,(H,38,45)(H,40,47)(H,41,48)(H,42,46)(H3,37,39,49)/t30-,33-/m0/s1. The zero-order chi connectivity index (χ0) is 40.1. The number of Topliss-reactive ketones (excluding diaryl/α,β-unsaturated/α-hetero) is 1. The summed E-state index contributed by atoms with van der Waals surface area (Å²) in [5.41, 5.74) is 6.31. The van der Waals surface area contributed by atoms with E-state index >= 15 is 0 Å². The molecule has 0 saturated carbocycles. The number of primary amides is 1. The minimum absolute atomic E-state index is 0.00212. The van der Waals surface area contributed by atoms with Gasteiger partial charge in [-0.1, -0.05) is 26.0 Å². The second-order valence-electron chi connectivity index (χ2n) is 12.5. The number of ketones is 1. The zero-order valence-corrected chi connectivity index (χ0v) is 31.8. The maximum atomic E-state index is 13.3. The van der Waals surface area contributed by atoms with Crippen LogP contribution < -0.4 is 32.3 Å². The Hall–Kier alpha value is -4.65. The van der Waals surface area contributed by atoms with Crippen molar-refractivity contribution in [1.82, 2.24) is 21.3 Å². The van der Waals surface area contributed by atoms with Gasteiger partial charge in [0.1, 0.15) is 24.5 Å². The molecule has 2 atom stereocenters. The third-order valence-electron chi connectivity index (χ3n) is 7.39. The second kappa shape index (κ2) is 28.8. The van der Waals surface area contributed by atoms with E-state index in [1.165, 1.54) is 13.8 Å². The molecule has 0 saturated heterocycles. The number of amides is 6. The van der Waals surface area contributed by atoms with Crippen molar-refractivity contribution in [1.29, 1.82) is 0 Å². The molecule has 0 aliphatic carbocycles. The number of carbonyl (C=O) groups excluding carboxylic acids is 7. The average Bonchev–Trinajstić information content (AvgIpc) is 3.11. The van der Waals surface area contributed by atoms with Crippen molar-refractivity contribution in [3.05, 3.63) is 29.8 Å². The molecule has 0 aromatic heterocycles. The minimum Gasteiger partial charge on any atom is -0.461 e. The van der Waals surface area contributed by atoms with Crippen LogP contribution in [0.3, 0.4) is 0 Å². The smallest absolute Gasteiger partial charge is 0.312 e. The van der Waals surface area contributed by atoms with Crippen LogP contribution in [0, 0.1) is 5.92 Å². The van der Waals surface area contributed by atoms with Gasteiger partial charge in [-0.25, -0.2) is 4.79 Å². The van der Waals surface area contributed by atoms with Crippen molar-refractivity contribution < 1.29 is 57.2 Å². The lowest BCUT2D eigenvalue weighted by molar-refractivity contribution is -0.142. The quantitative estimate of drug-likeness (QED) is 0.0468. The first-order valence-corrected chi connectivity index (χ1v) is 18.0. The molecule has 1 aromatic carbocycles. The predicted octanol–water partition coefficient (Wildman–Crippen LogP) is 0.704. The number of urea groups is 1. The van der Waals surface area contributed by atoms with Crippen molar-refractivity contribution in [3.8, 4) is 0 Å². The zero-order valence-electron chi connectivity index (χ0n) is 31.8. The van der Waals surface area contributed by atoms with Gasteiger partial charge in [0.05, 0.1) is 52.9 Å². The van der Waals surface area contributed by atoms with Crippen LogP contribution in [-0.4, -0.2) is 119 Å². The SMILES string of the molecule is CC(=O)CCC(=O)NCCOCCOCCOCCOCCC(=O)N[C@H](C(=O)N[C@@H](CCCNC(N)=O)C(=O)Nc1ccc(COC(C)=O)cc1)C(C)C. The third kappa shape index (κ3) is 24.6. The van der Waals surface area contributed by atoms with E-state index in [-0.39, 0.29) is 69.7 Å². The van der Waals surface area contributed by atoms with Gasteiger partial charge in [0.25, 0.3) is 0 Å². The number of rotatable bonds is 30. The lowest BCUT2D eigenvalue weighted by Gasteiger charge is -2.25. The highest BCUT2D eigenvalue weighted by molar-refractivity contribution is 5.98. The Kier molecular flexibility index (Phi) is 25.3. The fourth-order valence-electron chi connectivity index (χ4n) is 4.49. The number of ether oxygens (including phenoxy) is 5. The monoisotopic (exact) mass is 766 g/mol. The van der Waals surface area contributed by atoms with Crippen molar-refractivity contribution in [2.45, 2.75) is 78.5 Å². The van der Waals surface area contributed by atoms with Crippen LogP contribution in [0.2, 0.25) is 0 Å². The van der Waals surface area contributed by atoms with E-state index in [4.69, 9.17) is 29.4 Å². The molecule has 0 heterocycles. The lowest BCUT2D eigenvalue weighted by Crippen LogP contribution is -2.54. The molecule has 7 N–H and O–H groups in total. The van der Waals surface area contributed by atoms with Crippen molar-refractivity contribution in [2.24, 2.45) is 11.7 Å².